The maximum Gasteiger partial charge on any atom is 0.253 e. The Labute approximate surface area is 162 Å². The first-order chi connectivity index (χ1) is 12.3. The number of rotatable bonds is 4. The Balaban J connectivity index is 2.07. The van der Waals surface area contributed by atoms with Gasteiger partial charge < -0.3 is 4.57 Å². The zero-order chi connectivity index (χ0) is 18.9. The van der Waals surface area contributed by atoms with E-state index in [-0.39, 0.29) is 23.8 Å². The van der Waals surface area contributed by atoms with Gasteiger partial charge in [-0.15, -0.1) is 17.8 Å². The molecule has 0 radical (unpaired) electrons. The molecule has 134 valence electrons. The first-order valence-corrected chi connectivity index (χ1v) is 10.7. The van der Waals surface area contributed by atoms with Gasteiger partial charge in [-0.05, 0) is 30.3 Å². The van der Waals surface area contributed by atoms with Crippen LogP contribution in [-0.2, 0) is 27.8 Å². The van der Waals surface area contributed by atoms with Gasteiger partial charge in [0.05, 0.1) is 32.4 Å². The number of aromatic nitrogens is 1. The quantitative estimate of drug-likeness (QED) is 0.650. The van der Waals surface area contributed by atoms with E-state index in [0.29, 0.717) is 19.4 Å². The highest BCUT2D eigenvalue weighted by molar-refractivity contribution is 7.89. The third kappa shape index (κ3) is 4.06. The van der Waals surface area contributed by atoms with Gasteiger partial charge in [-0.1, -0.05) is 28.9 Å². The number of nitrogens with two attached hydrogens (primary N) is 1. The van der Waals surface area contributed by atoms with E-state index in [1.807, 2.05) is 0 Å². The number of thiazole rings is 1. The second-order valence-corrected chi connectivity index (χ2v) is 9.61. The number of nitrogens with zero attached hydrogens (tertiary/aromatic N) is 2. The molecule has 10 heteroatoms. The molecule has 0 bridgehead atoms. The highest BCUT2D eigenvalue weighted by Crippen LogP contribution is 2.23. The van der Waals surface area contributed by atoms with Gasteiger partial charge in [0.2, 0.25) is 10.0 Å². The number of primary sulfonamides is 1. The second kappa shape index (κ2) is 7.34. The van der Waals surface area contributed by atoms with Gasteiger partial charge in [-0.2, -0.15) is 4.99 Å². The largest absolute Gasteiger partial charge is 0.305 e. The van der Waals surface area contributed by atoms with Crippen LogP contribution in [0.3, 0.4) is 0 Å². The van der Waals surface area contributed by atoms with Crippen molar-refractivity contribution >= 4 is 60.4 Å². The van der Waals surface area contributed by atoms with Gasteiger partial charge in [0.25, 0.3) is 5.91 Å². The molecule has 0 saturated carbocycles. The normalized spacial score (nSPS) is 12.4. The summed E-state index contributed by atoms with van der Waals surface area (Å²) in [5.74, 6) is 2.17. The van der Waals surface area contributed by atoms with E-state index in [1.54, 1.807) is 22.8 Å². The fraction of sp³-hybridized carbons (Fsp3) is 0.125. The summed E-state index contributed by atoms with van der Waals surface area (Å²) in [5.41, 5.74) is 0.686. The Morgan fingerprint density at radius 1 is 1.31 bits per heavy atom. The molecule has 0 atom stereocenters. The van der Waals surface area contributed by atoms with Crippen molar-refractivity contribution in [3.05, 3.63) is 44.3 Å². The van der Waals surface area contributed by atoms with E-state index >= 15 is 0 Å². The van der Waals surface area contributed by atoms with Crippen molar-refractivity contribution in [3.63, 3.8) is 0 Å². The molecule has 0 spiro atoms. The summed E-state index contributed by atoms with van der Waals surface area (Å²) in [4.78, 5) is 17.6. The number of hydrogen-bond acceptors (Lipinski definition) is 5. The van der Waals surface area contributed by atoms with Gasteiger partial charge in [0.1, 0.15) is 0 Å². The van der Waals surface area contributed by atoms with Crippen LogP contribution in [0.5, 0.6) is 0 Å². The first-order valence-electron chi connectivity index (χ1n) is 7.19. The molecule has 2 aromatic heterocycles. The minimum absolute atomic E-state index is 0.00906. The number of hydrogen-bond donors (Lipinski definition) is 1. The fourth-order valence-electron chi connectivity index (χ4n) is 2.30. The topological polar surface area (TPSA) is 94.5 Å². The van der Waals surface area contributed by atoms with E-state index in [0.717, 1.165) is 4.88 Å². The van der Waals surface area contributed by atoms with Crippen molar-refractivity contribution in [2.45, 2.75) is 17.9 Å². The molecule has 2 N–H and O–H groups in total. The number of thiophene rings is 1. The summed E-state index contributed by atoms with van der Waals surface area (Å²) in [5, 5.41) is 5.17. The van der Waals surface area contributed by atoms with Crippen LogP contribution in [0.2, 0.25) is 4.34 Å². The van der Waals surface area contributed by atoms with Crippen LogP contribution >= 0.6 is 34.3 Å². The Kier molecular flexibility index (Phi) is 5.32. The van der Waals surface area contributed by atoms with Gasteiger partial charge in [0, 0.05) is 4.88 Å². The number of amides is 1. The number of fused-ring (bicyclic) bond motifs is 1. The molecular weight excluding hydrogens is 414 g/mol. The maximum atomic E-state index is 12.3. The van der Waals surface area contributed by atoms with Crippen LogP contribution in [0, 0.1) is 12.3 Å². The third-order valence-corrected chi connectivity index (χ3v) is 6.59. The lowest BCUT2D eigenvalue weighted by molar-refractivity contribution is -0.117. The van der Waals surface area contributed by atoms with E-state index < -0.39 is 10.0 Å². The molecule has 3 rings (SSSR count). The molecule has 26 heavy (non-hydrogen) atoms. The van der Waals surface area contributed by atoms with E-state index in [9.17, 15) is 13.2 Å². The van der Waals surface area contributed by atoms with E-state index in [4.69, 9.17) is 23.2 Å². The standard InChI is InChI=1S/C16H12ClN3O3S3/c1-2-7-20-12-5-4-11(26(18,22)23)9-13(12)25-16(20)19-15(21)8-10-3-6-14(17)24-10/h1,3-6,9H,7-8H2,(H2,18,22,23). The lowest BCUT2D eigenvalue weighted by atomic mass is 10.3. The first kappa shape index (κ1) is 18.8. The summed E-state index contributed by atoms with van der Waals surface area (Å²) < 4.78 is 26.0. The summed E-state index contributed by atoms with van der Waals surface area (Å²) in [6, 6.07) is 7.95. The molecule has 0 saturated heterocycles. The molecule has 3 aromatic rings. The highest BCUT2D eigenvalue weighted by Gasteiger charge is 2.13. The summed E-state index contributed by atoms with van der Waals surface area (Å²) >= 11 is 8.36. The molecule has 0 aliphatic heterocycles. The van der Waals surface area contributed by atoms with Crippen molar-refractivity contribution < 1.29 is 13.2 Å². The van der Waals surface area contributed by atoms with Gasteiger partial charge in [0.15, 0.2) is 4.80 Å². The van der Waals surface area contributed by atoms with Crippen LogP contribution < -0.4 is 9.94 Å². The molecule has 0 unspecified atom stereocenters. The predicted octanol–water partition coefficient (Wildman–Crippen LogP) is 2.37. The summed E-state index contributed by atoms with van der Waals surface area (Å²) in [6.45, 7) is 0.200. The average Bonchev–Trinajstić information content (AvgIpc) is 3.10. The molecule has 1 aromatic carbocycles. The van der Waals surface area contributed by atoms with Crippen molar-refractivity contribution in [1.82, 2.24) is 4.57 Å². The van der Waals surface area contributed by atoms with Crippen molar-refractivity contribution in [2.75, 3.05) is 0 Å². The monoisotopic (exact) mass is 425 g/mol. The van der Waals surface area contributed by atoms with Crippen LogP contribution in [0.1, 0.15) is 4.88 Å². The molecule has 2 heterocycles. The summed E-state index contributed by atoms with van der Waals surface area (Å²) in [6.07, 6.45) is 5.54. The van der Waals surface area contributed by atoms with Gasteiger partial charge in [-0.3, -0.25) is 4.79 Å². The van der Waals surface area contributed by atoms with Crippen molar-refractivity contribution in [1.29, 1.82) is 0 Å². The van der Waals surface area contributed by atoms with Crippen LogP contribution in [0.4, 0.5) is 0 Å². The van der Waals surface area contributed by atoms with E-state index in [1.165, 1.54) is 34.8 Å². The Hall–Kier alpha value is -1.96. The maximum absolute atomic E-state index is 12.3. The highest BCUT2D eigenvalue weighted by atomic mass is 35.5. The van der Waals surface area contributed by atoms with Crippen molar-refractivity contribution in [2.24, 2.45) is 10.1 Å². The number of benzene rings is 1. The predicted molar refractivity (Wildman–Crippen MR) is 104 cm³/mol. The smallest absolute Gasteiger partial charge is 0.253 e. The third-order valence-electron chi connectivity index (χ3n) is 3.41. The zero-order valence-electron chi connectivity index (χ0n) is 13.2. The SMILES string of the molecule is C#CCn1c(=NC(=O)Cc2ccc(Cl)s2)sc2cc(S(N)(=O)=O)ccc21. The van der Waals surface area contributed by atoms with Gasteiger partial charge >= 0.3 is 0 Å². The number of carbonyl (C=O) groups excluding carboxylic acids is 1. The molecule has 0 aliphatic rings. The van der Waals surface area contributed by atoms with E-state index in [2.05, 4.69) is 10.9 Å². The zero-order valence-corrected chi connectivity index (χ0v) is 16.4. The Morgan fingerprint density at radius 2 is 2.08 bits per heavy atom. The molecule has 6 nitrogen and oxygen atoms in total. The Bertz CT molecular complexity index is 1210. The molecule has 1 amide bonds. The molecular formula is C16H12ClN3O3S3. The molecule has 0 fully saturated rings. The molecule has 0 aliphatic carbocycles. The Morgan fingerprint density at radius 3 is 2.69 bits per heavy atom. The summed E-state index contributed by atoms with van der Waals surface area (Å²) in [7, 11) is -3.82. The number of halogens is 1. The number of sulfonamides is 1. The van der Waals surface area contributed by atoms with Crippen LogP contribution in [-0.4, -0.2) is 18.9 Å². The van der Waals surface area contributed by atoms with Crippen molar-refractivity contribution in [3.8, 4) is 12.3 Å². The number of carbonyl (C=O) groups is 1. The van der Waals surface area contributed by atoms with Crippen LogP contribution in [0.15, 0.2) is 40.2 Å². The number of terminal acetylenes is 1. The van der Waals surface area contributed by atoms with Gasteiger partial charge in [-0.25, -0.2) is 13.6 Å². The fourth-order valence-corrected chi connectivity index (χ4v) is 5.08. The average molecular weight is 426 g/mol. The lowest BCUT2D eigenvalue weighted by Gasteiger charge is -2.01. The lowest BCUT2D eigenvalue weighted by Crippen LogP contribution is -2.17. The van der Waals surface area contributed by atoms with Crippen LogP contribution in [0.25, 0.3) is 10.2 Å². The second-order valence-electron chi connectivity index (χ2n) is 5.24. The minimum atomic E-state index is -3.82. The minimum Gasteiger partial charge on any atom is -0.305 e.